The average Bonchev–Trinajstić information content (AvgIpc) is 2.90. The van der Waals surface area contributed by atoms with E-state index in [0.717, 1.165) is 30.1 Å². The normalized spacial score (nSPS) is 31.9. The van der Waals surface area contributed by atoms with E-state index in [2.05, 4.69) is 4.98 Å². The van der Waals surface area contributed by atoms with Gasteiger partial charge in [-0.2, -0.15) is 0 Å². The summed E-state index contributed by atoms with van der Waals surface area (Å²) in [7, 11) is 0. The van der Waals surface area contributed by atoms with E-state index in [4.69, 9.17) is 16.3 Å². The molecule has 1 aromatic rings. The van der Waals surface area contributed by atoms with Crippen LogP contribution in [0.15, 0.2) is 18.3 Å². The first-order valence-electron chi connectivity index (χ1n) is 6.05. The Morgan fingerprint density at radius 3 is 2.88 bits per heavy atom. The lowest BCUT2D eigenvalue weighted by Crippen LogP contribution is -2.18. The molecule has 86 valence electrons. The number of nitrogens with zero attached hydrogens (tertiary/aromatic N) is 1. The van der Waals surface area contributed by atoms with Gasteiger partial charge in [0.05, 0.1) is 12.8 Å². The maximum absolute atomic E-state index is 5.78. The highest BCUT2D eigenvalue weighted by atomic mass is 35.5. The van der Waals surface area contributed by atoms with Crippen LogP contribution >= 0.6 is 11.6 Å². The second kappa shape index (κ2) is 4.25. The summed E-state index contributed by atoms with van der Waals surface area (Å²) in [4.78, 5) is 4.01. The van der Waals surface area contributed by atoms with Crippen molar-refractivity contribution in [3.8, 4) is 5.75 Å². The minimum Gasteiger partial charge on any atom is -0.492 e. The molecule has 0 radical (unpaired) electrons. The Morgan fingerprint density at radius 2 is 2.25 bits per heavy atom. The van der Waals surface area contributed by atoms with Crippen molar-refractivity contribution in [3.05, 3.63) is 23.5 Å². The van der Waals surface area contributed by atoms with Crippen LogP contribution in [0.3, 0.4) is 0 Å². The maximum Gasteiger partial charge on any atom is 0.137 e. The van der Waals surface area contributed by atoms with Crippen LogP contribution in [0.5, 0.6) is 5.75 Å². The van der Waals surface area contributed by atoms with Crippen LogP contribution in [0.2, 0.25) is 5.15 Å². The zero-order chi connectivity index (χ0) is 11.0. The van der Waals surface area contributed by atoms with E-state index in [9.17, 15) is 0 Å². The summed E-state index contributed by atoms with van der Waals surface area (Å²) in [6, 6.07) is 3.67. The van der Waals surface area contributed by atoms with Crippen molar-refractivity contribution in [2.75, 3.05) is 6.61 Å². The van der Waals surface area contributed by atoms with Gasteiger partial charge in [-0.25, -0.2) is 4.98 Å². The van der Waals surface area contributed by atoms with Crippen LogP contribution in [0.4, 0.5) is 0 Å². The smallest absolute Gasteiger partial charge is 0.137 e. The van der Waals surface area contributed by atoms with Gasteiger partial charge in [-0.3, -0.25) is 0 Å². The van der Waals surface area contributed by atoms with Gasteiger partial charge in [-0.05, 0) is 49.1 Å². The second-order valence-corrected chi connectivity index (χ2v) is 5.45. The molecule has 3 atom stereocenters. The van der Waals surface area contributed by atoms with E-state index in [1.165, 1.54) is 25.7 Å². The van der Waals surface area contributed by atoms with Gasteiger partial charge in [0.2, 0.25) is 0 Å². The summed E-state index contributed by atoms with van der Waals surface area (Å²) in [5.74, 6) is 3.52. The molecule has 3 unspecified atom stereocenters. The molecule has 2 aliphatic carbocycles. The third-order valence-corrected chi connectivity index (χ3v) is 4.27. The van der Waals surface area contributed by atoms with Crippen molar-refractivity contribution in [3.63, 3.8) is 0 Å². The molecule has 16 heavy (non-hydrogen) atoms. The lowest BCUT2D eigenvalue weighted by molar-refractivity contribution is 0.195. The Hall–Kier alpha value is -0.760. The van der Waals surface area contributed by atoms with Gasteiger partial charge in [-0.1, -0.05) is 18.0 Å². The fraction of sp³-hybridized carbons (Fsp3) is 0.615. The van der Waals surface area contributed by atoms with E-state index in [1.807, 2.05) is 6.07 Å². The number of hydrogen-bond acceptors (Lipinski definition) is 2. The van der Waals surface area contributed by atoms with Crippen molar-refractivity contribution in [2.24, 2.45) is 17.8 Å². The average molecular weight is 238 g/mol. The van der Waals surface area contributed by atoms with Crippen LogP contribution in [-0.4, -0.2) is 11.6 Å². The number of rotatable bonds is 3. The van der Waals surface area contributed by atoms with Gasteiger partial charge in [0, 0.05) is 0 Å². The molecule has 2 aliphatic rings. The van der Waals surface area contributed by atoms with Crippen molar-refractivity contribution < 1.29 is 4.74 Å². The van der Waals surface area contributed by atoms with Crippen molar-refractivity contribution in [1.82, 2.24) is 4.98 Å². The predicted octanol–water partition coefficient (Wildman–Crippen LogP) is 3.55. The molecular formula is C13H16ClNO. The predicted molar refractivity (Wildman–Crippen MR) is 63.7 cm³/mol. The van der Waals surface area contributed by atoms with Gasteiger partial charge in [0.25, 0.3) is 0 Å². The Balaban J connectivity index is 1.55. The summed E-state index contributed by atoms with van der Waals surface area (Å²) in [6.45, 7) is 0.852. The molecule has 0 spiro atoms. The SMILES string of the molecule is Clc1ccc(OCC2CC3CCC2C3)cn1. The quantitative estimate of drug-likeness (QED) is 0.750. The van der Waals surface area contributed by atoms with Gasteiger partial charge >= 0.3 is 0 Å². The third kappa shape index (κ3) is 2.03. The number of fused-ring (bicyclic) bond motifs is 2. The highest BCUT2D eigenvalue weighted by molar-refractivity contribution is 6.29. The minimum absolute atomic E-state index is 0.521. The maximum atomic E-state index is 5.78. The molecule has 2 nitrogen and oxygen atoms in total. The first-order valence-corrected chi connectivity index (χ1v) is 6.43. The van der Waals surface area contributed by atoms with E-state index in [0.29, 0.717) is 5.15 Å². The molecule has 0 saturated heterocycles. The molecule has 0 amide bonds. The lowest BCUT2D eigenvalue weighted by Gasteiger charge is -2.21. The Kier molecular flexibility index (Phi) is 2.76. The largest absolute Gasteiger partial charge is 0.492 e. The first-order chi connectivity index (χ1) is 7.81. The van der Waals surface area contributed by atoms with E-state index >= 15 is 0 Å². The molecule has 1 heterocycles. The zero-order valence-corrected chi connectivity index (χ0v) is 9.99. The number of ether oxygens (including phenoxy) is 1. The second-order valence-electron chi connectivity index (χ2n) is 5.06. The van der Waals surface area contributed by atoms with E-state index in [1.54, 1.807) is 12.3 Å². The Morgan fingerprint density at radius 1 is 1.31 bits per heavy atom. The highest BCUT2D eigenvalue weighted by Crippen LogP contribution is 2.48. The minimum atomic E-state index is 0.521. The lowest BCUT2D eigenvalue weighted by atomic mass is 9.90. The summed E-state index contributed by atoms with van der Waals surface area (Å²) in [5, 5.41) is 0.521. The van der Waals surface area contributed by atoms with Gasteiger partial charge < -0.3 is 4.74 Å². The molecule has 0 aliphatic heterocycles. The van der Waals surface area contributed by atoms with Crippen LogP contribution in [0.1, 0.15) is 25.7 Å². The number of halogens is 1. The molecule has 3 heteroatoms. The number of hydrogen-bond donors (Lipinski definition) is 0. The molecule has 2 fully saturated rings. The first kappa shape index (κ1) is 10.4. The van der Waals surface area contributed by atoms with Crippen LogP contribution in [-0.2, 0) is 0 Å². The molecule has 2 saturated carbocycles. The van der Waals surface area contributed by atoms with Crippen LogP contribution in [0.25, 0.3) is 0 Å². The van der Waals surface area contributed by atoms with E-state index < -0.39 is 0 Å². The molecule has 0 aromatic carbocycles. The fourth-order valence-electron chi connectivity index (χ4n) is 3.23. The molecule has 2 bridgehead atoms. The highest BCUT2D eigenvalue weighted by Gasteiger charge is 2.39. The summed E-state index contributed by atoms with van der Waals surface area (Å²) < 4.78 is 5.78. The Bertz CT molecular complexity index is 365. The zero-order valence-electron chi connectivity index (χ0n) is 9.23. The van der Waals surface area contributed by atoms with E-state index in [-0.39, 0.29) is 0 Å². The summed E-state index contributed by atoms with van der Waals surface area (Å²) in [5.41, 5.74) is 0. The van der Waals surface area contributed by atoms with Gasteiger partial charge in [0.15, 0.2) is 0 Å². The number of pyridine rings is 1. The van der Waals surface area contributed by atoms with Crippen molar-refractivity contribution in [1.29, 1.82) is 0 Å². The molecular weight excluding hydrogens is 222 g/mol. The third-order valence-electron chi connectivity index (χ3n) is 4.05. The van der Waals surface area contributed by atoms with Gasteiger partial charge in [0.1, 0.15) is 10.9 Å². The van der Waals surface area contributed by atoms with Crippen molar-refractivity contribution >= 4 is 11.6 Å². The standard InChI is InChI=1S/C13H16ClNO/c14-13-4-3-12(7-15-13)16-8-11-6-9-1-2-10(11)5-9/h3-4,7,9-11H,1-2,5-6,8H2. The molecule has 0 N–H and O–H groups in total. The molecule has 3 rings (SSSR count). The summed E-state index contributed by atoms with van der Waals surface area (Å²) >= 11 is 5.72. The number of aromatic nitrogens is 1. The molecule has 1 aromatic heterocycles. The Labute approximate surface area is 101 Å². The van der Waals surface area contributed by atoms with Gasteiger partial charge in [-0.15, -0.1) is 0 Å². The van der Waals surface area contributed by atoms with Crippen LogP contribution < -0.4 is 4.74 Å². The monoisotopic (exact) mass is 237 g/mol. The van der Waals surface area contributed by atoms with Crippen LogP contribution in [0, 0.1) is 17.8 Å². The van der Waals surface area contributed by atoms with Crippen molar-refractivity contribution in [2.45, 2.75) is 25.7 Å². The topological polar surface area (TPSA) is 22.1 Å². The fourth-order valence-corrected chi connectivity index (χ4v) is 3.34. The summed E-state index contributed by atoms with van der Waals surface area (Å²) in [6.07, 6.45) is 7.37.